The fourth-order valence-corrected chi connectivity index (χ4v) is 3.33. The summed E-state index contributed by atoms with van der Waals surface area (Å²) in [5.74, 6) is -0.810. The Morgan fingerprint density at radius 3 is 2.03 bits per heavy atom. The molecule has 0 fully saturated rings. The summed E-state index contributed by atoms with van der Waals surface area (Å²) >= 11 is 0. The number of benzene rings is 3. The van der Waals surface area contributed by atoms with Gasteiger partial charge in [-0.05, 0) is 61.1 Å². The lowest BCUT2D eigenvalue weighted by molar-refractivity contribution is 0.0472. The molecule has 30 heavy (non-hydrogen) atoms. The van der Waals surface area contributed by atoms with E-state index < -0.39 is 16.0 Å². The molecule has 0 aliphatic carbocycles. The van der Waals surface area contributed by atoms with E-state index in [-0.39, 0.29) is 23.0 Å². The smallest absolute Gasteiger partial charge is 0.338 e. The van der Waals surface area contributed by atoms with Gasteiger partial charge in [-0.25, -0.2) is 17.9 Å². The van der Waals surface area contributed by atoms with Crippen LogP contribution in [0.25, 0.3) is 0 Å². The Morgan fingerprint density at radius 1 is 0.833 bits per heavy atom. The molecule has 3 rings (SSSR count). The van der Waals surface area contributed by atoms with E-state index in [1.807, 2.05) is 18.2 Å². The van der Waals surface area contributed by atoms with Crippen LogP contribution in [0, 0.1) is 0 Å². The van der Waals surface area contributed by atoms with Crippen LogP contribution in [0.3, 0.4) is 0 Å². The topological polar surface area (TPSA) is 102 Å². The van der Waals surface area contributed by atoms with Crippen LogP contribution in [0.5, 0.6) is 0 Å². The van der Waals surface area contributed by atoms with Gasteiger partial charge in [-0.3, -0.25) is 4.79 Å². The molecular weight excluding hydrogens is 404 g/mol. The van der Waals surface area contributed by atoms with Crippen molar-refractivity contribution in [2.45, 2.75) is 11.5 Å². The molecular formula is C22H20N2O5S. The lowest BCUT2D eigenvalue weighted by Crippen LogP contribution is -2.18. The highest BCUT2D eigenvalue weighted by Crippen LogP contribution is 2.13. The minimum Gasteiger partial charge on any atom is -0.457 e. The zero-order valence-corrected chi connectivity index (χ0v) is 17.0. The van der Waals surface area contributed by atoms with Crippen LogP contribution in [0.15, 0.2) is 83.8 Å². The average Bonchev–Trinajstić information content (AvgIpc) is 2.78. The highest BCUT2D eigenvalue weighted by atomic mass is 32.2. The van der Waals surface area contributed by atoms with Crippen LogP contribution in [-0.4, -0.2) is 27.3 Å². The number of para-hydroxylation sites is 1. The molecule has 0 spiro atoms. The van der Waals surface area contributed by atoms with Crippen LogP contribution in [0.1, 0.15) is 26.3 Å². The largest absolute Gasteiger partial charge is 0.457 e. The lowest BCUT2D eigenvalue weighted by Gasteiger charge is -2.08. The Hall–Kier alpha value is -3.49. The SMILES string of the molecule is CNS(=O)(=O)c1ccc(C(=O)OCc2ccc(C(=O)Nc3ccccc3)cc2)cc1. The number of rotatable bonds is 7. The molecule has 7 nitrogen and oxygen atoms in total. The third-order valence-electron chi connectivity index (χ3n) is 4.29. The van der Waals surface area contributed by atoms with Gasteiger partial charge in [0, 0.05) is 11.3 Å². The summed E-state index contributed by atoms with van der Waals surface area (Å²) in [6.45, 7) is 0.0238. The summed E-state index contributed by atoms with van der Waals surface area (Å²) in [5, 5.41) is 2.80. The van der Waals surface area contributed by atoms with E-state index in [2.05, 4.69) is 10.0 Å². The normalized spacial score (nSPS) is 11.0. The summed E-state index contributed by atoms with van der Waals surface area (Å²) in [6.07, 6.45) is 0. The first-order valence-corrected chi connectivity index (χ1v) is 10.5. The van der Waals surface area contributed by atoms with Crippen molar-refractivity contribution < 1.29 is 22.7 Å². The first-order valence-electron chi connectivity index (χ1n) is 9.05. The Balaban J connectivity index is 1.57. The number of amides is 1. The third-order valence-corrected chi connectivity index (χ3v) is 5.72. The molecule has 0 atom stereocenters. The van der Waals surface area contributed by atoms with Crippen molar-refractivity contribution in [3.8, 4) is 0 Å². The van der Waals surface area contributed by atoms with Crippen LogP contribution in [0.4, 0.5) is 5.69 Å². The monoisotopic (exact) mass is 424 g/mol. The van der Waals surface area contributed by atoms with Crippen molar-refractivity contribution in [1.82, 2.24) is 4.72 Å². The summed E-state index contributed by atoms with van der Waals surface area (Å²) < 4.78 is 30.9. The van der Waals surface area contributed by atoms with Crippen LogP contribution in [0.2, 0.25) is 0 Å². The second kappa shape index (κ2) is 9.34. The van der Waals surface area contributed by atoms with Gasteiger partial charge in [0.2, 0.25) is 10.0 Å². The van der Waals surface area contributed by atoms with E-state index in [9.17, 15) is 18.0 Å². The fourth-order valence-electron chi connectivity index (χ4n) is 2.60. The Morgan fingerprint density at radius 2 is 1.43 bits per heavy atom. The van der Waals surface area contributed by atoms with Gasteiger partial charge in [-0.15, -0.1) is 0 Å². The number of carbonyl (C=O) groups is 2. The molecule has 0 bridgehead atoms. The number of carbonyl (C=O) groups excluding carboxylic acids is 2. The molecule has 0 aromatic heterocycles. The van der Waals surface area contributed by atoms with E-state index in [1.165, 1.54) is 31.3 Å². The van der Waals surface area contributed by atoms with Crippen LogP contribution >= 0.6 is 0 Å². The lowest BCUT2D eigenvalue weighted by atomic mass is 10.1. The molecule has 0 radical (unpaired) electrons. The molecule has 1 amide bonds. The number of ether oxygens (including phenoxy) is 1. The first kappa shape index (κ1) is 21.2. The molecule has 2 N–H and O–H groups in total. The van der Waals surface area contributed by atoms with Crippen molar-refractivity contribution in [3.05, 3.63) is 95.6 Å². The van der Waals surface area contributed by atoms with Crippen LogP contribution in [-0.2, 0) is 21.4 Å². The van der Waals surface area contributed by atoms with Gasteiger partial charge < -0.3 is 10.1 Å². The number of anilines is 1. The molecule has 0 aliphatic rings. The molecule has 3 aromatic carbocycles. The highest BCUT2D eigenvalue weighted by molar-refractivity contribution is 7.89. The van der Waals surface area contributed by atoms with E-state index >= 15 is 0 Å². The van der Waals surface area contributed by atoms with Gasteiger partial charge in [0.05, 0.1) is 10.5 Å². The van der Waals surface area contributed by atoms with Crippen molar-refractivity contribution in [3.63, 3.8) is 0 Å². The summed E-state index contributed by atoms with van der Waals surface area (Å²) in [5.41, 5.74) is 2.14. The molecule has 0 saturated heterocycles. The van der Waals surface area contributed by atoms with E-state index in [0.29, 0.717) is 16.8 Å². The summed E-state index contributed by atoms with van der Waals surface area (Å²) in [4.78, 5) is 24.5. The molecule has 0 unspecified atom stereocenters. The van der Waals surface area contributed by atoms with Gasteiger partial charge in [0.15, 0.2) is 0 Å². The second-order valence-electron chi connectivity index (χ2n) is 6.33. The minimum absolute atomic E-state index is 0.0238. The molecule has 0 heterocycles. The molecule has 0 aliphatic heterocycles. The number of hydrogen-bond donors (Lipinski definition) is 2. The maximum Gasteiger partial charge on any atom is 0.338 e. The maximum absolute atomic E-state index is 12.3. The Labute approximate surface area is 174 Å². The zero-order chi connectivity index (χ0) is 21.6. The molecule has 0 saturated carbocycles. The minimum atomic E-state index is -3.56. The number of sulfonamides is 1. The predicted octanol–water partition coefficient (Wildman–Crippen LogP) is 3.20. The highest BCUT2D eigenvalue weighted by Gasteiger charge is 2.13. The summed E-state index contributed by atoms with van der Waals surface area (Å²) in [7, 11) is -2.25. The molecule has 8 heteroatoms. The Bertz CT molecular complexity index is 1130. The van der Waals surface area contributed by atoms with Crippen LogP contribution < -0.4 is 10.0 Å². The zero-order valence-electron chi connectivity index (χ0n) is 16.2. The standard InChI is InChI=1S/C22H20N2O5S/c1-23-30(27,28)20-13-11-18(12-14-20)22(26)29-15-16-7-9-17(10-8-16)21(25)24-19-5-3-2-4-6-19/h2-14,23H,15H2,1H3,(H,24,25). The molecule has 3 aromatic rings. The average molecular weight is 424 g/mol. The molecule has 154 valence electrons. The van der Waals surface area contributed by atoms with Gasteiger partial charge in [-0.1, -0.05) is 30.3 Å². The number of hydrogen-bond acceptors (Lipinski definition) is 5. The van der Waals surface area contributed by atoms with Gasteiger partial charge in [-0.2, -0.15) is 0 Å². The van der Waals surface area contributed by atoms with Crippen molar-refractivity contribution in [1.29, 1.82) is 0 Å². The number of esters is 1. The van der Waals surface area contributed by atoms with Gasteiger partial charge in [0.25, 0.3) is 5.91 Å². The first-order chi connectivity index (χ1) is 14.4. The van der Waals surface area contributed by atoms with E-state index in [0.717, 1.165) is 0 Å². The second-order valence-corrected chi connectivity index (χ2v) is 8.21. The van der Waals surface area contributed by atoms with E-state index in [1.54, 1.807) is 36.4 Å². The number of nitrogens with one attached hydrogen (secondary N) is 2. The van der Waals surface area contributed by atoms with Gasteiger partial charge in [0.1, 0.15) is 6.61 Å². The summed E-state index contributed by atoms with van der Waals surface area (Å²) in [6, 6.07) is 21.3. The van der Waals surface area contributed by atoms with Crippen molar-refractivity contribution in [2.24, 2.45) is 0 Å². The fraction of sp³-hybridized carbons (Fsp3) is 0.0909. The quantitative estimate of drug-likeness (QED) is 0.567. The predicted molar refractivity (Wildman–Crippen MR) is 113 cm³/mol. The van der Waals surface area contributed by atoms with Crippen molar-refractivity contribution in [2.75, 3.05) is 12.4 Å². The van der Waals surface area contributed by atoms with E-state index in [4.69, 9.17) is 4.74 Å². The van der Waals surface area contributed by atoms with Crippen molar-refractivity contribution >= 4 is 27.6 Å². The Kier molecular flexibility index (Phi) is 6.61. The maximum atomic E-state index is 12.3. The van der Waals surface area contributed by atoms with Gasteiger partial charge >= 0.3 is 5.97 Å². The third kappa shape index (κ3) is 5.31.